The number of hydrogen-bond acceptors (Lipinski definition) is 15. The highest BCUT2D eigenvalue weighted by atomic mass is 32.2. The summed E-state index contributed by atoms with van der Waals surface area (Å²) in [5.41, 5.74) is 3.87. The Morgan fingerprint density at radius 3 is 0.798 bits per heavy atom. The Hall–Kier alpha value is 1.69. The SMILES string of the molecule is CC(C)SCCCCCCCCCCCOCCO.CC(C)SCCCCCCCCCCCS(=O)(=O)[O-].CC(C)SCCCCCCCCCCC[N+](C)(C)C.CC(C)SCCCCCCCCCCC[NH3+].CC(C)SCCCOCCO.CC(C)SCCOCCO. The van der Waals surface area contributed by atoms with E-state index in [1.54, 1.807) is 0 Å². The third-order valence-corrected chi connectivity index (χ3v) is 22.2. The molecule has 0 atom stereocenters. The monoisotopic (exact) mass is 1480 g/mol. The number of quaternary nitrogens is 2. The van der Waals surface area contributed by atoms with Crippen molar-refractivity contribution in [3.8, 4) is 0 Å². The maximum atomic E-state index is 10.4. The van der Waals surface area contributed by atoms with Crippen LogP contribution in [0.3, 0.4) is 0 Å². The lowest BCUT2D eigenvalue weighted by Crippen LogP contribution is -2.50. The zero-order valence-electron chi connectivity index (χ0n) is 65.2. The molecule has 0 heterocycles. The van der Waals surface area contributed by atoms with E-state index in [1.165, 1.54) is 235 Å². The largest absolute Gasteiger partial charge is 0.748 e. The van der Waals surface area contributed by atoms with Gasteiger partial charge in [0.25, 0.3) is 0 Å². The fourth-order valence-corrected chi connectivity index (χ4v) is 14.6. The number of thioether (sulfide) groups is 6. The van der Waals surface area contributed by atoms with Gasteiger partial charge in [0, 0.05) is 24.7 Å². The lowest BCUT2D eigenvalue weighted by Gasteiger charge is -2.23. The van der Waals surface area contributed by atoms with E-state index < -0.39 is 10.1 Å². The van der Waals surface area contributed by atoms with E-state index in [9.17, 15) is 13.0 Å². The average Bonchev–Trinajstić information content (AvgIpc) is 3.71. The molecule has 0 aliphatic heterocycles. The van der Waals surface area contributed by atoms with Crippen LogP contribution in [0.5, 0.6) is 0 Å². The van der Waals surface area contributed by atoms with Crippen LogP contribution in [0.4, 0.5) is 0 Å². The number of aliphatic hydroxyl groups is 3. The van der Waals surface area contributed by atoms with Crippen LogP contribution in [-0.4, -0.2) is 198 Å². The smallest absolute Gasteiger partial charge is 0.0945 e. The van der Waals surface area contributed by atoms with Crippen LogP contribution in [0, 0.1) is 0 Å². The number of hydrogen-bond donors (Lipinski definition) is 4. The van der Waals surface area contributed by atoms with E-state index in [1.807, 2.05) is 35.3 Å². The summed E-state index contributed by atoms with van der Waals surface area (Å²) < 4.78 is 47.6. The van der Waals surface area contributed by atoms with E-state index in [0.29, 0.717) is 36.7 Å². The molecule has 0 radical (unpaired) electrons. The summed E-state index contributed by atoms with van der Waals surface area (Å²) in [4.78, 5) is 0. The van der Waals surface area contributed by atoms with Crippen molar-refractivity contribution in [1.82, 2.24) is 0 Å². The van der Waals surface area contributed by atoms with Gasteiger partial charge in [0.05, 0.1) is 90.6 Å². The van der Waals surface area contributed by atoms with Crippen LogP contribution >= 0.6 is 70.6 Å². The van der Waals surface area contributed by atoms with Crippen LogP contribution in [0.2, 0.25) is 0 Å². The molecule has 0 aromatic heterocycles. The second-order valence-electron chi connectivity index (χ2n) is 27.7. The Bertz CT molecular complexity index is 1420. The molecule has 0 aromatic rings. The maximum Gasteiger partial charge on any atom is 0.0945 e. The number of aliphatic hydroxyl groups excluding tert-OH is 3. The highest BCUT2D eigenvalue weighted by molar-refractivity contribution is 8.00. The van der Waals surface area contributed by atoms with Crippen molar-refractivity contribution in [3.63, 3.8) is 0 Å². The van der Waals surface area contributed by atoms with Gasteiger partial charge in [-0.2, -0.15) is 70.6 Å². The number of unbranched alkanes of at least 4 members (excludes halogenated alkanes) is 32. The molecule has 94 heavy (non-hydrogen) atoms. The minimum Gasteiger partial charge on any atom is -0.748 e. The molecule has 0 unspecified atom stereocenters. The predicted octanol–water partition coefficient (Wildman–Crippen LogP) is 20.7. The molecule has 0 fully saturated rings. The molecule has 18 heteroatoms. The van der Waals surface area contributed by atoms with Gasteiger partial charge in [-0.1, -0.05) is 250 Å². The normalized spacial score (nSPS) is 11.6. The first-order valence-electron chi connectivity index (χ1n) is 38.7. The standard InChI is InChI=1S/C17H38NS.C16H34O2S.C14H31NS.C14H30O3S2.C8H18O2S.C7H16O2S/c1-17(2)19-16-14-12-10-8-6-7-9-11-13-15-18(3,4)5;1-16(2)19-15-11-9-7-5-3-4-6-8-10-13-18-14-12-17;1-14(2)16-13-11-9-7-5-3-4-6-8-10-12-15;1-14(2)18-12-10-8-6-4-3-5-7-9-11-13-19(15,16)17;1-8(2)11-7-3-5-10-6-4-9;1-7(2)10-6-5-9-4-3-8/h17H,6-16H2,1-5H3;16-17H,3-15H2,1-2H3;14H,3-13,15H2,1-2H3;14H,3-13H2,1-2H3,(H,15,16,17);8-9H,3-7H2,1-2H3;7-8H,3-6H2,1-2H3/q+1;;;;;. The Morgan fingerprint density at radius 2 is 0.532 bits per heavy atom. The van der Waals surface area contributed by atoms with Gasteiger partial charge in [0.15, 0.2) is 0 Å². The van der Waals surface area contributed by atoms with Gasteiger partial charge in [0.1, 0.15) is 0 Å². The maximum absolute atomic E-state index is 10.4. The van der Waals surface area contributed by atoms with Crippen molar-refractivity contribution in [2.24, 2.45) is 0 Å². The highest BCUT2D eigenvalue weighted by Crippen LogP contribution is 2.19. The summed E-state index contributed by atoms with van der Waals surface area (Å²) in [5, 5.41) is 29.8. The van der Waals surface area contributed by atoms with E-state index in [4.69, 9.17) is 29.5 Å². The van der Waals surface area contributed by atoms with Crippen LogP contribution in [0.1, 0.15) is 321 Å². The van der Waals surface area contributed by atoms with Crippen molar-refractivity contribution in [1.29, 1.82) is 0 Å². The first-order valence-corrected chi connectivity index (χ1v) is 46.6. The quantitative estimate of drug-likeness (QED) is 0.0257. The molecule has 576 valence electrons. The third kappa shape index (κ3) is 133. The molecule has 0 aliphatic carbocycles. The fourth-order valence-electron chi connectivity index (χ4n) is 9.20. The molecule has 0 aliphatic rings. The number of rotatable bonds is 66. The number of ether oxygens (including phenoxy) is 3. The van der Waals surface area contributed by atoms with Gasteiger partial charge in [-0.3, -0.25) is 0 Å². The second kappa shape index (κ2) is 90.8. The Labute approximate surface area is 615 Å². The molecule has 0 amide bonds. The molecule has 0 spiro atoms. The molecule has 0 bridgehead atoms. The summed E-state index contributed by atoms with van der Waals surface area (Å²) in [7, 11) is 2.88. The molecule has 0 saturated carbocycles. The lowest BCUT2D eigenvalue weighted by atomic mass is 10.1. The predicted molar refractivity (Wildman–Crippen MR) is 435 cm³/mol. The Kier molecular flexibility index (Phi) is 103. The van der Waals surface area contributed by atoms with Crippen molar-refractivity contribution >= 4 is 80.7 Å². The van der Waals surface area contributed by atoms with Crippen LogP contribution in [-0.2, 0) is 24.3 Å². The van der Waals surface area contributed by atoms with Gasteiger partial charge in [-0.15, -0.1) is 0 Å². The molecular formula is C76H167N2O9S7+. The Balaban J connectivity index is -0.000000251. The summed E-state index contributed by atoms with van der Waals surface area (Å²) in [6, 6.07) is 0. The average molecular weight is 1480 g/mol. The van der Waals surface area contributed by atoms with E-state index in [2.05, 4.69) is 145 Å². The highest BCUT2D eigenvalue weighted by Gasteiger charge is 2.06. The fraction of sp³-hybridized carbons (Fsp3) is 1.00. The summed E-state index contributed by atoms with van der Waals surface area (Å²) in [6.07, 6.45) is 49.1. The first-order chi connectivity index (χ1) is 44.9. The summed E-state index contributed by atoms with van der Waals surface area (Å²) in [5.74, 6) is 7.33. The Morgan fingerprint density at radius 1 is 0.309 bits per heavy atom. The van der Waals surface area contributed by atoms with Crippen molar-refractivity contribution in [3.05, 3.63) is 0 Å². The molecule has 0 rings (SSSR count). The van der Waals surface area contributed by atoms with Crippen molar-refractivity contribution in [2.45, 2.75) is 352 Å². The first kappa shape index (κ1) is 107. The van der Waals surface area contributed by atoms with E-state index >= 15 is 0 Å². The van der Waals surface area contributed by atoms with Gasteiger partial charge < -0.3 is 44.3 Å². The van der Waals surface area contributed by atoms with Gasteiger partial charge in [-0.05, 0) is 131 Å². The second-order valence-corrected chi connectivity index (χ2v) is 39.4. The zero-order valence-corrected chi connectivity index (χ0v) is 70.9. The van der Waals surface area contributed by atoms with Crippen LogP contribution in [0.25, 0.3) is 0 Å². The van der Waals surface area contributed by atoms with Crippen LogP contribution < -0.4 is 5.73 Å². The van der Waals surface area contributed by atoms with Gasteiger partial charge in [-0.25, -0.2) is 8.42 Å². The molecule has 0 saturated heterocycles. The minimum atomic E-state index is -3.99. The lowest BCUT2D eigenvalue weighted by molar-refractivity contribution is -0.870. The molecular weight excluding hydrogens is 1310 g/mol. The summed E-state index contributed by atoms with van der Waals surface area (Å²) in [6.45, 7) is 33.6. The van der Waals surface area contributed by atoms with Gasteiger partial charge >= 0.3 is 0 Å². The molecule has 6 N–H and O–H groups in total. The van der Waals surface area contributed by atoms with Crippen molar-refractivity contribution < 1.29 is 52.7 Å². The molecule has 0 aromatic carbocycles. The van der Waals surface area contributed by atoms with Crippen LogP contribution in [0.15, 0.2) is 0 Å². The third-order valence-electron chi connectivity index (χ3n) is 14.4. The van der Waals surface area contributed by atoms with E-state index in [-0.39, 0.29) is 25.6 Å². The van der Waals surface area contributed by atoms with Gasteiger partial charge in [0.2, 0.25) is 0 Å². The van der Waals surface area contributed by atoms with Crippen molar-refractivity contribution in [2.75, 3.05) is 134 Å². The number of nitrogens with zero attached hydrogens (tertiary/aromatic N) is 1. The summed E-state index contributed by atoms with van der Waals surface area (Å²) >= 11 is 12.2. The minimum absolute atomic E-state index is 0.131. The molecule has 11 nitrogen and oxygen atoms in total. The topological polar surface area (TPSA) is 173 Å². The zero-order chi connectivity index (χ0) is 71.7. The van der Waals surface area contributed by atoms with E-state index in [0.717, 1.165) is 89.0 Å².